The molecule has 1 saturated carbocycles. The summed E-state index contributed by atoms with van der Waals surface area (Å²) in [6.45, 7) is 0. The molecule has 0 radical (unpaired) electrons. The van der Waals surface area contributed by atoms with E-state index in [1.54, 1.807) is 17.1 Å². The molecule has 2 rings (SSSR count). The van der Waals surface area contributed by atoms with Gasteiger partial charge in [0.15, 0.2) is 0 Å². The van der Waals surface area contributed by atoms with Crippen LogP contribution in [0.3, 0.4) is 0 Å². The van der Waals surface area contributed by atoms with Crippen molar-refractivity contribution in [2.75, 3.05) is 0 Å². The topological polar surface area (TPSA) is 46.9 Å². The van der Waals surface area contributed by atoms with E-state index in [-0.39, 0.29) is 5.91 Å². The van der Waals surface area contributed by atoms with Gasteiger partial charge in [-0.15, -0.1) is 0 Å². The summed E-state index contributed by atoms with van der Waals surface area (Å²) in [5.74, 6) is -0.0506. The molecule has 1 aliphatic carbocycles. The van der Waals surface area contributed by atoms with Crippen molar-refractivity contribution in [1.29, 1.82) is 0 Å². The predicted octanol–water partition coefficient (Wildman–Crippen LogP) is 0.702. The number of carbonyl (C=O) groups is 1. The van der Waals surface area contributed by atoms with Crippen LogP contribution in [-0.2, 0) is 7.05 Å². The van der Waals surface area contributed by atoms with Gasteiger partial charge in [-0.2, -0.15) is 0 Å². The van der Waals surface area contributed by atoms with Crippen LogP contribution >= 0.6 is 0 Å². The van der Waals surface area contributed by atoms with Gasteiger partial charge in [0.1, 0.15) is 5.69 Å². The monoisotopic (exact) mass is 179 g/mol. The van der Waals surface area contributed by atoms with Crippen molar-refractivity contribution in [1.82, 2.24) is 14.9 Å². The number of amides is 1. The Morgan fingerprint density at radius 2 is 2.46 bits per heavy atom. The van der Waals surface area contributed by atoms with Crippen LogP contribution in [0.2, 0.25) is 0 Å². The number of rotatable bonds is 2. The van der Waals surface area contributed by atoms with Crippen LogP contribution in [0.5, 0.6) is 0 Å². The van der Waals surface area contributed by atoms with Crippen LogP contribution in [0.4, 0.5) is 0 Å². The lowest BCUT2D eigenvalue weighted by Gasteiger charge is -2.25. The molecule has 1 aromatic heterocycles. The van der Waals surface area contributed by atoms with Crippen LogP contribution in [-0.4, -0.2) is 21.5 Å². The third-order valence-corrected chi connectivity index (χ3v) is 2.38. The molecule has 0 atom stereocenters. The van der Waals surface area contributed by atoms with Crippen LogP contribution in [0, 0.1) is 0 Å². The van der Waals surface area contributed by atoms with Crippen molar-refractivity contribution < 1.29 is 4.79 Å². The second kappa shape index (κ2) is 3.20. The molecule has 1 aliphatic rings. The van der Waals surface area contributed by atoms with Crippen LogP contribution in [0.25, 0.3) is 0 Å². The molecule has 1 amide bonds. The number of hydrogen-bond acceptors (Lipinski definition) is 2. The Morgan fingerprint density at radius 3 is 2.92 bits per heavy atom. The second-order valence-corrected chi connectivity index (χ2v) is 3.53. The first kappa shape index (κ1) is 8.29. The number of aromatic nitrogens is 2. The summed E-state index contributed by atoms with van der Waals surface area (Å²) in [5.41, 5.74) is 0.509. The van der Waals surface area contributed by atoms with Crippen molar-refractivity contribution in [3.63, 3.8) is 0 Å². The highest BCUT2D eigenvalue weighted by Gasteiger charge is 2.20. The number of nitrogens with one attached hydrogen (secondary N) is 1. The number of nitrogens with zero attached hydrogens (tertiary/aromatic N) is 2. The SMILES string of the molecule is Cn1cnc(C(=O)NC2CCC2)c1. The van der Waals surface area contributed by atoms with Gasteiger partial charge in [0.25, 0.3) is 5.91 Å². The van der Waals surface area contributed by atoms with Gasteiger partial charge in [0.2, 0.25) is 0 Å². The molecule has 0 aliphatic heterocycles. The fourth-order valence-corrected chi connectivity index (χ4v) is 1.34. The lowest BCUT2D eigenvalue weighted by molar-refractivity contribution is 0.0912. The fraction of sp³-hybridized carbons (Fsp3) is 0.556. The highest BCUT2D eigenvalue weighted by molar-refractivity contribution is 5.92. The summed E-state index contributed by atoms with van der Waals surface area (Å²) in [6.07, 6.45) is 6.81. The van der Waals surface area contributed by atoms with Gasteiger partial charge < -0.3 is 9.88 Å². The van der Waals surface area contributed by atoms with Gasteiger partial charge in [-0.25, -0.2) is 4.98 Å². The van der Waals surface area contributed by atoms with Crippen molar-refractivity contribution in [2.45, 2.75) is 25.3 Å². The molecule has 4 nitrogen and oxygen atoms in total. The molecule has 4 heteroatoms. The van der Waals surface area contributed by atoms with Gasteiger partial charge in [-0.1, -0.05) is 0 Å². The van der Waals surface area contributed by atoms with Crippen LogP contribution < -0.4 is 5.32 Å². The molecule has 0 unspecified atom stereocenters. The fourth-order valence-electron chi connectivity index (χ4n) is 1.34. The van der Waals surface area contributed by atoms with Crippen molar-refractivity contribution in [2.24, 2.45) is 7.05 Å². The Morgan fingerprint density at radius 1 is 1.69 bits per heavy atom. The smallest absolute Gasteiger partial charge is 0.271 e. The largest absolute Gasteiger partial charge is 0.348 e. The quantitative estimate of drug-likeness (QED) is 0.726. The van der Waals surface area contributed by atoms with E-state index < -0.39 is 0 Å². The van der Waals surface area contributed by atoms with Gasteiger partial charge in [0, 0.05) is 19.3 Å². The van der Waals surface area contributed by atoms with Crippen LogP contribution in [0.1, 0.15) is 29.8 Å². The molecule has 70 valence electrons. The standard InChI is InChI=1S/C9H13N3O/c1-12-5-8(10-6-12)9(13)11-7-3-2-4-7/h5-7H,2-4H2,1H3,(H,11,13). The lowest BCUT2D eigenvalue weighted by atomic mass is 9.93. The number of carbonyl (C=O) groups excluding carboxylic acids is 1. The zero-order chi connectivity index (χ0) is 9.26. The van der Waals surface area contributed by atoms with Crippen LogP contribution in [0.15, 0.2) is 12.5 Å². The Balaban J connectivity index is 1.96. The summed E-state index contributed by atoms with van der Waals surface area (Å²) in [4.78, 5) is 15.5. The summed E-state index contributed by atoms with van der Waals surface area (Å²) in [7, 11) is 1.85. The van der Waals surface area contributed by atoms with Gasteiger partial charge in [-0.3, -0.25) is 4.79 Å². The maximum Gasteiger partial charge on any atom is 0.271 e. The minimum absolute atomic E-state index is 0.0506. The minimum Gasteiger partial charge on any atom is -0.348 e. The molecule has 1 N–H and O–H groups in total. The van der Waals surface area contributed by atoms with E-state index in [0.717, 1.165) is 12.8 Å². The molecule has 13 heavy (non-hydrogen) atoms. The predicted molar refractivity (Wildman–Crippen MR) is 48.3 cm³/mol. The number of imidazole rings is 1. The van der Waals surface area contributed by atoms with E-state index in [1.807, 2.05) is 7.05 Å². The second-order valence-electron chi connectivity index (χ2n) is 3.53. The van der Waals surface area contributed by atoms with E-state index in [1.165, 1.54) is 6.42 Å². The first-order chi connectivity index (χ1) is 6.25. The van der Waals surface area contributed by atoms with E-state index >= 15 is 0 Å². The zero-order valence-corrected chi connectivity index (χ0v) is 7.66. The Hall–Kier alpha value is -1.32. The van der Waals surface area contributed by atoms with E-state index in [0.29, 0.717) is 11.7 Å². The zero-order valence-electron chi connectivity index (χ0n) is 7.66. The normalized spacial score (nSPS) is 16.7. The molecule has 0 bridgehead atoms. The van der Waals surface area contributed by atoms with E-state index in [9.17, 15) is 4.79 Å². The molecular formula is C9H13N3O. The number of aryl methyl sites for hydroxylation is 1. The minimum atomic E-state index is -0.0506. The van der Waals surface area contributed by atoms with Gasteiger partial charge in [0.05, 0.1) is 6.33 Å². The summed E-state index contributed by atoms with van der Waals surface area (Å²) >= 11 is 0. The molecule has 1 aromatic rings. The molecule has 1 heterocycles. The molecule has 0 aromatic carbocycles. The Bertz CT molecular complexity index is 314. The average molecular weight is 179 g/mol. The highest BCUT2D eigenvalue weighted by atomic mass is 16.2. The first-order valence-corrected chi connectivity index (χ1v) is 4.54. The van der Waals surface area contributed by atoms with Crippen molar-refractivity contribution in [3.05, 3.63) is 18.2 Å². The van der Waals surface area contributed by atoms with Crippen molar-refractivity contribution in [3.8, 4) is 0 Å². The maximum absolute atomic E-state index is 11.5. The molecule has 0 spiro atoms. The summed E-state index contributed by atoms with van der Waals surface area (Å²) < 4.78 is 1.77. The highest BCUT2D eigenvalue weighted by Crippen LogP contribution is 2.18. The van der Waals surface area contributed by atoms with E-state index in [2.05, 4.69) is 10.3 Å². The van der Waals surface area contributed by atoms with Gasteiger partial charge in [-0.05, 0) is 19.3 Å². The van der Waals surface area contributed by atoms with Gasteiger partial charge >= 0.3 is 0 Å². The summed E-state index contributed by atoms with van der Waals surface area (Å²) in [6, 6.07) is 0.384. The number of hydrogen-bond donors (Lipinski definition) is 1. The molecule has 1 fully saturated rings. The molecule has 0 saturated heterocycles. The maximum atomic E-state index is 11.5. The third kappa shape index (κ3) is 1.71. The lowest BCUT2D eigenvalue weighted by Crippen LogP contribution is -2.39. The van der Waals surface area contributed by atoms with E-state index in [4.69, 9.17) is 0 Å². The Kier molecular flexibility index (Phi) is 2.04. The van der Waals surface area contributed by atoms with Crippen molar-refractivity contribution >= 4 is 5.91 Å². The third-order valence-electron chi connectivity index (χ3n) is 2.38. The molecular weight excluding hydrogens is 166 g/mol. The summed E-state index contributed by atoms with van der Waals surface area (Å²) in [5, 5.41) is 2.93. The average Bonchev–Trinajstić information content (AvgIpc) is 2.44. The Labute approximate surface area is 77.0 Å². The first-order valence-electron chi connectivity index (χ1n) is 4.54.